The average molecular weight is 454 g/mol. The molecule has 4 bridgehead atoms. The summed E-state index contributed by atoms with van der Waals surface area (Å²) >= 11 is 0. The maximum Gasteiger partial charge on any atom is 0.307 e. The van der Waals surface area contributed by atoms with E-state index < -0.39 is 9.85 Å². The third kappa shape index (κ3) is 3.21. The normalized spacial score (nSPS) is 30.1. The van der Waals surface area contributed by atoms with Crippen LogP contribution in [0.15, 0.2) is 29.2 Å². The molecule has 0 N–H and O–H groups in total. The quantitative estimate of drug-likeness (QED) is 0.386. The van der Waals surface area contributed by atoms with Crippen molar-refractivity contribution in [2.45, 2.75) is 62.4 Å². The Kier molecular flexibility index (Phi) is 4.20. The predicted molar refractivity (Wildman–Crippen MR) is 110 cm³/mol. The summed E-state index contributed by atoms with van der Waals surface area (Å²) in [4.78, 5) is 21.2. The number of aromatic nitrogens is 6. The highest BCUT2D eigenvalue weighted by atomic mass is 16.6. The average Bonchev–Trinajstić information content (AvgIpc) is 3.52. The van der Waals surface area contributed by atoms with E-state index in [-0.39, 0.29) is 22.3 Å². The Balaban J connectivity index is 1.24. The van der Waals surface area contributed by atoms with E-state index in [0.29, 0.717) is 36.6 Å². The summed E-state index contributed by atoms with van der Waals surface area (Å²) < 4.78 is 9.44. The minimum Gasteiger partial charge on any atom is -0.425 e. The lowest BCUT2D eigenvalue weighted by molar-refractivity contribution is -0.385. The molecule has 172 valence electrons. The lowest BCUT2D eigenvalue weighted by Gasteiger charge is -2.60. The van der Waals surface area contributed by atoms with E-state index in [1.54, 1.807) is 6.20 Å². The van der Waals surface area contributed by atoms with Crippen LogP contribution < -0.4 is 0 Å². The molecule has 0 aromatic carbocycles. The van der Waals surface area contributed by atoms with Gasteiger partial charge in [0.15, 0.2) is 0 Å². The Morgan fingerprint density at radius 2 is 1.70 bits per heavy atom. The minimum atomic E-state index is -0.481. The fraction of sp³-hybridized carbons (Fsp3) is 0.600. The molecule has 0 saturated heterocycles. The van der Waals surface area contributed by atoms with E-state index in [0.717, 1.165) is 38.5 Å². The third-order valence-electron chi connectivity index (χ3n) is 7.60. The van der Waals surface area contributed by atoms with Crippen molar-refractivity contribution < 1.29 is 14.3 Å². The highest BCUT2D eigenvalue weighted by Crippen LogP contribution is 2.64. The number of hydrogen-bond donors (Lipinski definition) is 0. The highest BCUT2D eigenvalue weighted by molar-refractivity contribution is 5.25. The van der Waals surface area contributed by atoms with E-state index in [9.17, 15) is 20.2 Å². The van der Waals surface area contributed by atoms with Crippen LogP contribution in [-0.4, -0.2) is 39.6 Å². The molecule has 7 rings (SSSR count). The van der Waals surface area contributed by atoms with Crippen LogP contribution in [0.4, 0.5) is 11.4 Å². The van der Waals surface area contributed by atoms with Gasteiger partial charge in [0.25, 0.3) is 0 Å². The van der Waals surface area contributed by atoms with Crippen LogP contribution in [0.25, 0.3) is 0 Å². The van der Waals surface area contributed by atoms with Crippen molar-refractivity contribution in [1.82, 2.24) is 29.8 Å². The van der Waals surface area contributed by atoms with Gasteiger partial charge in [-0.05, 0) is 50.4 Å². The molecule has 4 aliphatic carbocycles. The van der Waals surface area contributed by atoms with E-state index in [1.807, 2.05) is 4.68 Å². The minimum absolute atomic E-state index is 0.0127. The van der Waals surface area contributed by atoms with Crippen molar-refractivity contribution in [2.24, 2.45) is 11.8 Å². The van der Waals surface area contributed by atoms with Crippen molar-refractivity contribution >= 4 is 11.4 Å². The fourth-order valence-electron chi connectivity index (χ4n) is 6.75. The van der Waals surface area contributed by atoms with Crippen LogP contribution in [0.1, 0.15) is 50.3 Å². The number of aryl methyl sites for hydroxylation is 2. The first-order valence-corrected chi connectivity index (χ1v) is 11.0. The Bertz CT molecular complexity index is 1230. The van der Waals surface area contributed by atoms with Crippen molar-refractivity contribution in [3.8, 4) is 0 Å². The molecule has 4 fully saturated rings. The van der Waals surface area contributed by atoms with Gasteiger partial charge < -0.3 is 4.42 Å². The second-order valence-corrected chi connectivity index (χ2v) is 9.84. The zero-order chi connectivity index (χ0) is 22.8. The molecule has 3 aromatic heterocycles. The molecule has 2 atom stereocenters. The highest BCUT2D eigenvalue weighted by Gasteiger charge is 2.61. The molecule has 2 unspecified atom stereocenters. The molecule has 3 heterocycles. The number of nitrogens with zero attached hydrogens (tertiary/aromatic N) is 8. The first-order chi connectivity index (χ1) is 15.8. The zero-order valence-corrected chi connectivity index (χ0v) is 17.7. The first-order valence-electron chi connectivity index (χ1n) is 11.0. The molecule has 0 amide bonds. The standard InChI is InChI=1S/C20H22N8O5/c29-27(30)15-8-21-25(10-15)2-1-17-23-24-18(33-17)19-4-13-3-14(5-19)7-20(6-13,12-19)26-11-16(9-22-26)28(31)32/h8-11,13-14H,1-7,12H2. The van der Waals surface area contributed by atoms with E-state index in [1.165, 1.54) is 23.3 Å². The number of rotatable bonds is 7. The van der Waals surface area contributed by atoms with Crippen LogP contribution in [0, 0.1) is 32.1 Å². The monoisotopic (exact) mass is 454 g/mol. The Morgan fingerprint density at radius 1 is 1.00 bits per heavy atom. The van der Waals surface area contributed by atoms with Gasteiger partial charge in [0, 0.05) is 13.0 Å². The van der Waals surface area contributed by atoms with Gasteiger partial charge in [0.1, 0.15) is 24.8 Å². The van der Waals surface area contributed by atoms with E-state index in [2.05, 4.69) is 20.4 Å². The van der Waals surface area contributed by atoms with E-state index >= 15 is 0 Å². The first kappa shape index (κ1) is 20.0. The molecule has 13 nitrogen and oxygen atoms in total. The SMILES string of the molecule is O=[N+]([O-])c1cnn(CCc2nnc(C34CC5CC(C3)CC(n3cc([N+](=O)[O-])cn3)(C5)C4)o2)c1. The molecule has 13 heteroatoms. The zero-order valence-electron chi connectivity index (χ0n) is 17.7. The summed E-state index contributed by atoms with van der Waals surface area (Å²) in [6, 6.07) is 0. The summed E-state index contributed by atoms with van der Waals surface area (Å²) in [6.07, 6.45) is 11.7. The van der Waals surface area contributed by atoms with E-state index in [4.69, 9.17) is 4.42 Å². The third-order valence-corrected chi connectivity index (χ3v) is 7.60. The number of hydrogen-bond acceptors (Lipinski definition) is 9. The lowest BCUT2D eigenvalue weighted by Crippen LogP contribution is -2.58. The van der Waals surface area contributed by atoms with Crippen molar-refractivity contribution in [3.63, 3.8) is 0 Å². The molecule has 0 radical (unpaired) electrons. The van der Waals surface area contributed by atoms with Gasteiger partial charge in [-0.1, -0.05) is 0 Å². The van der Waals surface area contributed by atoms with Crippen LogP contribution in [0.5, 0.6) is 0 Å². The molecular formula is C20H22N8O5. The molecule has 3 aromatic rings. The Morgan fingerprint density at radius 3 is 2.36 bits per heavy atom. The van der Waals surface area contributed by atoms with Crippen LogP contribution in [-0.2, 0) is 23.9 Å². The van der Waals surface area contributed by atoms with Crippen molar-refractivity contribution in [1.29, 1.82) is 0 Å². The number of nitro groups is 2. The topological polar surface area (TPSA) is 161 Å². The van der Waals surface area contributed by atoms with Crippen molar-refractivity contribution in [3.05, 3.63) is 56.8 Å². The maximum atomic E-state index is 11.2. The van der Waals surface area contributed by atoms with Crippen molar-refractivity contribution in [2.75, 3.05) is 0 Å². The summed E-state index contributed by atoms with van der Waals surface area (Å²) in [5.74, 6) is 2.09. The second-order valence-electron chi connectivity index (χ2n) is 9.84. The van der Waals surface area contributed by atoms with Gasteiger partial charge in [-0.25, -0.2) is 0 Å². The summed E-state index contributed by atoms with van der Waals surface area (Å²) in [5.41, 5.74) is -0.556. The Hall–Kier alpha value is -3.64. The van der Waals surface area contributed by atoms with Gasteiger partial charge in [0.2, 0.25) is 11.8 Å². The predicted octanol–water partition coefficient (Wildman–Crippen LogP) is 2.77. The maximum absolute atomic E-state index is 11.2. The second kappa shape index (κ2) is 6.93. The van der Waals surface area contributed by atoms with Gasteiger partial charge in [-0.15, -0.1) is 10.2 Å². The van der Waals surface area contributed by atoms with Crippen LogP contribution in [0.3, 0.4) is 0 Å². The van der Waals surface area contributed by atoms with Gasteiger partial charge in [-0.2, -0.15) is 10.2 Å². The summed E-state index contributed by atoms with van der Waals surface area (Å²) in [6.45, 7) is 0.397. The van der Waals surface area contributed by atoms with Gasteiger partial charge in [0.05, 0.1) is 20.8 Å². The fourth-order valence-corrected chi connectivity index (χ4v) is 6.75. The van der Waals surface area contributed by atoms with Gasteiger partial charge >= 0.3 is 11.4 Å². The van der Waals surface area contributed by atoms with Crippen LogP contribution >= 0.6 is 0 Å². The lowest BCUT2D eigenvalue weighted by atomic mass is 9.47. The molecule has 4 aliphatic rings. The molecular weight excluding hydrogens is 432 g/mol. The summed E-state index contributed by atoms with van der Waals surface area (Å²) in [5, 5.41) is 39.1. The molecule has 0 spiro atoms. The van der Waals surface area contributed by atoms with Gasteiger partial charge in [-0.3, -0.25) is 29.6 Å². The Labute approximate surface area is 187 Å². The summed E-state index contributed by atoms with van der Waals surface area (Å²) in [7, 11) is 0. The smallest absolute Gasteiger partial charge is 0.307 e. The molecule has 33 heavy (non-hydrogen) atoms. The largest absolute Gasteiger partial charge is 0.425 e. The molecule has 4 saturated carbocycles. The van der Waals surface area contributed by atoms with Crippen LogP contribution in [0.2, 0.25) is 0 Å². The molecule has 0 aliphatic heterocycles.